The Balaban J connectivity index is 0. The fourth-order valence-electron chi connectivity index (χ4n) is 0. The average molecular weight is 211 g/mol. The van der Waals surface area contributed by atoms with Gasteiger partial charge in [0.15, 0.2) is 0 Å². The molecule has 0 heterocycles. The van der Waals surface area contributed by atoms with Crippen LogP contribution in [0.15, 0.2) is 0 Å². The fourth-order valence-corrected chi connectivity index (χ4v) is 0. The predicted octanol–water partition coefficient (Wildman–Crippen LogP) is 0.205. The minimum Gasteiger partial charge on any atom is -0.304 e. The van der Waals surface area contributed by atoms with Crippen LogP contribution in [0.3, 0.4) is 0 Å². The van der Waals surface area contributed by atoms with E-state index in [-0.39, 0.29) is 37.3 Å². The second kappa shape index (κ2) is 9.07. The minimum atomic E-state index is 0. The van der Waals surface area contributed by atoms with E-state index in [4.69, 9.17) is 4.79 Å². The van der Waals surface area contributed by atoms with Crippen LogP contribution in [-0.4, -0.2) is 6.29 Å². The van der Waals surface area contributed by atoms with Crippen molar-refractivity contribution >= 4 is 6.29 Å². The summed E-state index contributed by atoms with van der Waals surface area (Å²) in [4.78, 5) is 8.81. The van der Waals surface area contributed by atoms with Crippen LogP contribution in [0.4, 0.5) is 0 Å². The molecular weight excluding hydrogens is 207 g/mol. The molecule has 0 aromatic rings. The smallest absolute Gasteiger partial charge is 0.116 e. The summed E-state index contributed by atoms with van der Waals surface area (Å²) >= 11 is 0. The van der Waals surface area contributed by atoms with E-state index >= 15 is 0 Å². The standard InChI is InChI=1S/C2H4O.Er/c1-2-3;/h2H,1H3;. The quantitative estimate of drug-likeness (QED) is 0.523. The van der Waals surface area contributed by atoms with E-state index in [1.54, 1.807) is 0 Å². The monoisotopic (exact) mass is 210 g/mol. The Hall–Kier alpha value is 0.917. The molecule has 0 aromatic carbocycles. The first-order valence-corrected chi connectivity index (χ1v) is 0.813. The van der Waals surface area contributed by atoms with Crippen molar-refractivity contribution in [3.63, 3.8) is 0 Å². The Morgan fingerprint density at radius 3 is 1.75 bits per heavy atom. The molecule has 0 atom stereocenters. The van der Waals surface area contributed by atoms with E-state index in [2.05, 4.69) is 0 Å². The van der Waals surface area contributed by atoms with Gasteiger partial charge in [-0.1, -0.05) is 0 Å². The summed E-state index contributed by atoms with van der Waals surface area (Å²) in [6.07, 6.45) is 0.750. The Morgan fingerprint density at radius 2 is 1.75 bits per heavy atom. The van der Waals surface area contributed by atoms with Crippen molar-refractivity contribution in [2.75, 3.05) is 0 Å². The van der Waals surface area contributed by atoms with Gasteiger partial charge in [-0.15, -0.1) is 0 Å². The topological polar surface area (TPSA) is 17.1 Å². The SMILES string of the molecule is CC=O.[Er]. The Labute approximate surface area is 55.0 Å². The molecule has 0 radical (unpaired) electrons. The first kappa shape index (κ1) is 8.87. The number of hydrogen-bond donors (Lipinski definition) is 0. The van der Waals surface area contributed by atoms with Crippen molar-refractivity contribution in [1.82, 2.24) is 0 Å². The average Bonchev–Trinajstić information content (AvgIpc) is 0.918. The van der Waals surface area contributed by atoms with Gasteiger partial charge >= 0.3 is 0 Å². The molecule has 2 heteroatoms. The van der Waals surface area contributed by atoms with E-state index in [0.717, 1.165) is 6.29 Å². The Kier molecular flexibility index (Phi) is 20.1. The van der Waals surface area contributed by atoms with Gasteiger partial charge in [-0.25, -0.2) is 0 Å². The molecule has 0 amide bonds. The Bertz CT molecular complexity index is 13.5. The maximum atomic E-state index is 8.81. The first-order valence-electron chi connectivity index (χ1n) is 0.813. The van der Waals surface area contributed by atoms with Crippen molar-refractivity contribution < 1.29 is 42.1 Å². The molecular formula is C2H4ErO. The van der Waals surface area contributed by atoms with Crippen LogP contribution < -0.4 is 0 Å². The molecule has 30 valence electrons. The second-order valence-electron chi connectivity index (χ2n) is 0.236. The molecule has 0 N–H and O–H groups in total. The fraction of sp³-hybridized carbons (Fsp3) is 0.500. The molecule has 4 heavy (non-hydrogen) atoms. The molecule has 0 aliphatic heterocycles. The third-order valence-electron chi connectivity index (χ3n) is 0. The number of carbonyl (C=O) groups excluding carboxylic acids is 1. The van der Waals surface area contributed by atoms with Gasteiger partial charge in [0.1, 0.15) is 6.29 Å². The summed E-state index contributed by atoms with van der Waals surface area (Å²) in [6, 6.07) is 0. The molecule has 0 aliphatic carbocycles. The van der Waals surface area contributed by atoms with Gasteiger partial charge in [0.25, 0.3) is 0 Å². The molecule has 0 unspecified atom stereocenters. The Morgan fingerprint density at radius 1 is 1.75 bits per heavy atom. The molecule has 0 saturated heterocycles. The van der Waals surface area contributed by atoms with Gasteiger partial charge < -0.3 is 4.79 Å². The van der Waals surface area contributed by atoms with Crippen LogP contribution in [0, 0.1) is 37.3 Å². The maximum absolute atomic E-state index is 8.81. The van der Waals surface area contributed by atoms with Gasteiger partial charge in [0.05, 0.1) is 0 Å². The van der Waals surface area contributed by atoms with Crippen molar-refractivity contribution in [1.29, 1.82) is 0 Å². The number of carbonyl (C=O) groups is 1. The molecule has 0 fully saturated rings. The van der Waals surface area contributed by atoms with E-state index in [1.165, 1.54) is 6.92 Å². The number of aldehydes is 1. The molecule has 0 rings (SSSR count). The van der Waals surface area contributed by atoms with Crippen molar-refractivity contribution in [3.8, 4) is 0 Å². The predicted molar refractivity (Wildman–Crippen MR) is 11.7 cm³/mol. The first-order chi connectivity index (χ1) is 1.41. The summed E-state index contributed by atoms with van der Waals surface area (Å²) in [6.45, 7) is 1.44. The van der Waals surface area contributed by atoms with Gasteiger partial charge in [0.2, 0.25) is 0 Å². The number of hydrogen-bond acceptors (Lipinski definition) is 1. The molecule has 0 aliphatic rings. The third kappa shape index (κ3) is 12.8. The summed E-state index contributed by atoms with van der Waals surface area (Å²) in [5, 5.41) is 0. The molecule has 0 aromatic heterocycles. The summed E-state index contributed by atoms with van der Waals surface area (Å²) < 4.78 is 0. The third-order valence-corrected chi connectivity index (χ3v) is 0. The zero-order chi connectivity index (χ0) is 2.71. The largest absolute Gasteiger partial charge is 0.304 e. The van der Waals surface area contributed by atoms with Crippen LogP contribution in [0.5, 0.6) is 0 Å². The zero-order valence-corrected chi connectivity index (χ0v) is 4.13. The van der Waals surface area contributed by atoms with E-state index in [1.807, 2.05) is 0 Å². The van der Waals surface area contributed by atoms with Crippen molar-refractivity contribution in [3.05, 3.63) is 0 Å². The van der Waals surface area contributed by atoms with Crippen LogP contribution in [-0.2, 0) is 4.79 Å². The van der Waals surface area contributed by atoms with Gasteiger partial charge in [-0.3, -0.25) is 0 Å². The van der Waals surface area contributed by atoms with Crippen molar-refractivity contribution in [2.24, 2.45) is 0 Å². The van der Waals surface area contributed by atoms with Gasteiger partial charge in [0, 0.05) is 37.3 Å². The minimum absolute atomic E-state index is 0. The van der Waals surface area contributed by atoms with Gasteiger partial charge in [-0.05, 0) is 6.92 Å². The summed E-state index contributed by atoms with van der Waals surface area (Å²) in [5.41, 5.74) is 0. The zero-order valence-electron chi connectivity index (χ0n) is 2.27. The normalized spacial score (nSPS) is 3.25. The van der Waals surface area contributed by atoms with Gasteiger partial charge in [-0.2, -0.15) is 0 Å². The summed E-state index contributed by atoms with van der Waals surface area (Å²) in [5.74, 6) is 0. The van der Waals surface area contributed by atoms with E-state index < -0.39 is 0 Å². The molecule has 0 bridgehead atoms. The van der Waals surface area contributed by atoms with Crippen molar-refractivity contribution in [2.45, 2.75) is 6.92 Å². The molecule has 0 spiro atoms. The van der Waals surface area contributed by atoms with Crippen LogP contribution in [0.25, 0.3) is 0 Å². The van der Waals surface area contributed by atoms with Crippen LogP contribution in [0.1, 0.15) is 6.92 Å². The summed E-state index contributed by atoms with van der Waals surface area (Å²) in [7, 11) is 0. The van der Waals surface area contributed by atoms with Crippen LogP contribution >= 0.6 is 0 Å². The van der Waals surface area contributed by atoms with E-state index in [0.29, 0.717) is 0 Å². The number of rotatable bonds is 0. The van der Waals surface area contributed by atoms with E-state index in [9.17, 15) is 0 Å². The van der Waals surface area contributed by atoms with Crippen LogP contribution in [0.2, 0.25) is 0 Å². The second-order valence-corrected chi connectivity index (χ2v) is 0.236. The molecule has 0 saturated carbocycles. The molecule has 1 nitrogen and oxygen atoms in total. The maximum Gasteiger partial charge on any atom is 0.116 e.